The summed E-state index contributed by atoms with van der Waals surface area (Å²) in [7, 11) is 0. The Bertz CT molecular complexity index is 3060. The van der Waals surface area contributed by atoms with E-state index in [-0.39, 0.29) is 5.41 Å². The molecule has 2 aromatic heterocycles. The molecule has 0 aliphatic heterocycles. The van der Waals surface area contributed by atoms with E-state index in [1.807, 2.05) is 0 Å². The van der Waals surface area contributed by atoms with E-state index in [4.69, 9.17) is 9.97 Å². The molecule has 1 aliphatic rings. The Morgan fingerprint density at radius 3 is 1.77 bits per heavy atom. The summed E-state index contributed by atoms with van der Waals surface area (Å²) in [6.07, 6.45) is 0. The van der Waals surface area contributed by atoms with Crippen LogP contribution in [0.4, 0.5) is 0 Å². The molecule has 0 saturated carbocycles. The maximum atomic E-state index is 5.44. The molecule has 0 saturated heterocycles. The van der Waals surface area contributed by atoms with Crippen LogP contribution in [0.2, 0.25) is 0 Å². The minimum absolute atomic E-state index is 0.120. The van der Waals surface area contributed by atoms with Gasteiger partial charge < -0.3 is 0 Å². The zero-order valence-electron chi connectivity index (χ0n) is 28.9. The van der Waals surface area contributed by atoms with Crippen LogP contribution < -0.4 is 0 Å². The summed E-state index contributed by atoms with van der Waals surface area (Å²) < 4.78 is 2.35. The number of rotatable bonds is 3. The Balaban J connectivity index is 1.20. The highest BCUT2D eigenvalue weighted by atomic mass is 15.1. The molecule has 10 aromatic rings. The Morgan fingerprint density at radius 1 is 0.404 bits per heavy atom. The molecule has 0 bridgehead atoms. The van der Waals surface area contributed by atoms with E-state index in [1.165, 1.54) is 65.3 Å². The maximum Gasteiger partial charge on any atom is 0.162 e. The summed E-state index contributed by atoms with van der Waals surface area (Å²) in [6, 6.07) is 59.2. The van der Waals surface area contributed by atoms with E-state index in [0.717, 1.165) is 33.7 Å². The molecule has 8 aromatic carbocycles. The predicted octanol–water partition coefficient (Wildman–Crippen LogP) is 12.7. The third-order valence-corrected chi connectivity index (χ3v) is 11.4. The summed E-state index contributed by atoms with van der Waals surface area (Å²) in [5, 5.41) is 9.90. The molecule has 0 amide bonds. The Labute approximate surface area is 301 Å². The van der Waals surface area contributed by atoms with E-state index in [2.05, 4.69) is 182 Å². The van der Waals surface area contributed by atoms with Crippen LogP contribution in [0.3, 0.4) is 0 Å². The average molecular weight is 664 g/mol. The number of nitrogens with zero attached hydrogens (tertiary/aromatic N) is 3. The summed E-state index contributed by atoms with van der Waals surface area (Å²) >= 11 is 0. The number of aromatic nitrogens is 3. The van der Waals surface area contributed by atoms with Gasteiger partial charge in [-0.2, -0.15) is 0 Å². The number of hydrogen-bond acceptors (Lipinski definition) is 2. The number of hydrogen-bond donors (Lipinski definition) is 0. The van der Waals surface area contributed by atoms with Crippen molar-refractivity contribution in [2.75, 3.05) is 0 Å². The van der Waals surface area contributed by atoms with Gasteiger partial charge in [-0.15, -0.1) is 0 Å². The number of benzene rings is 8. The van der Waals surface area contributed by atoms with Gasteiger partial charge in [0.05, 0.1) is 16.7 Å². The van der Waals surface area contributed by atoms with Gasteiger partial charge in [-0.25, -0.2) is 9.97 Å². The Kier molecular flexibility index (Phi) is 6.01. The smallest absolute Gasteiger partial charge is 0.162 e. The summed E-state index contributed by atoms with van der Waals surface area (Å²) in [4.78, 5) is 10.7. The van der Waals surface area contributed by atoms with E-state index >= 15 is 0 Å². The second-order valence-corrected chi connectivity index (χ2v) is 14.6. The topological polar surface area (TPSA) is 30.7 Å². The second-order valence-electron chi connectivity index (χ2n) is 14.6. The lowest BCUT2D eigenvalue weighted by molar-refractivity contribution is 0.661. The molecule has 11 rings (SSSR count). The summed E-state index contributed by atoms with van der Waals surface area (Å²) in [6.45, 7) is 4.69. The Morgan fingerprint density at radius 2 is 1.02 bits per heavy atom. The van der Waals surface area contributed by atoms with Crippen molar-refractivity contribution in [3.05, 3.63) is 175 Å². The molecule has 0 N–H and O–H groups in total. The molecule has 2 heterocycles. The fraction of sp³-hybridized carbons (Fsp3) is 0.0612. The van der Waals surface area contributed by atoms with Crippen molar-refractivity contribution in [2.24, 2.45) is 0 Å². The summed E-state index contributed by atoms with van der Waals surface area (Å²) in [5.41, 5.74) is 10.5. The Hall–Kier alpha value is -6.58. The number of fused-ring (bicyclic) bond motifs is 12. The predicted molar refractivity (Wildman–Crippen MR) is 217 cm³/mol. The first kappa shape index (κ1) is 29.2. The minimum atomic E-state index is -0.120. The molecular formula is C49H33N3. The van der Waals surface area contributed by atoms with Crippen molar-refractivity contribution in [3.63, 3.8) is 0 Å². The van der Waals surface area contributed by atoms with Gasteiger partial charge in [0.15, 0.2) is 5.82 Å². The van der Waals surface area contributed by atoms with Crippen molar-refractivity contribution in [1.82, 2.24) is 14.5 Å². The monoisotopic (exact) mass is 663 g/mol. The zero-order chi connectivity index (χ0) is 34.6. The summed E-state index contributed by atoms with van der Waals surface area (Å²) in [5.74, 6) is 1.56. The third-order valence-electron chi connectivity index (χ3n) is 11.4. The van der Waals surface area contributed by atoms with Crippen LogP contribution in [-0.2, 0) is 5.41 Å². The molecule has 52 heavy (non-hydrogen) atoms. The first-order valence-corrected chi connectivity index (χ1v) is 18.0. The SMILES string of the molecule is CC1(C)c2ccccc2-c2cc3c4ccccc4n(-c4cc(-c5ccccc5)nc(-c5ccc6c7ccccc7c7ccccc7c6c5)n4)c3cc21. The lowest BCUT2D eigenvalue weighted by atomic mass is 9.82. The van der Waals surface area contributed by atoms with Crippen molar-refractivity contribution in [2.45, 2.75) is 19.3 Å². The lowest BCUT2D eigenvalue weighted by Crippen LogP contribution is -2.15. The van der Waals surface area contributed by atoms with E-state index in [1.54, 1.807) is 0 Å². The fourth-order valence-corrected chi connectivity index (χ4v) is 8.89. The van der Waals surface area contributed by atoms with Crippen molar-refractivity contribution in [3.8, 4) is 39.6 Å². The van der Waals surface area contributed by atoms with Crippen LogP contribution in [-0.4, -0.2) is 14.5 Å². The van der Waals surface area contributed by atoms with Crippen LogP contribution in [0.15, 0.2) is 164 Å². The van der Waals surface area contributed by atoms with Gasteiger partial charge >= 0.3 is 0 Å². The van der Waals surface area contributed by atoms with Crippen molar-refractivity contribution in [1.29, 1.82) is 0 Å². The first-order valence-electron chi connectivity index (χ1n) is 18.0. The van der Waals surface area contributed by atoms with Gasteiger partial charge in [-0.05, 0) is 78.8 Å². The molecule has 3 nitrogen and oxygen atoms in total. The minimum Gasteiger partial charge on any atom is -0.294 e. The van der Waals surface area contributed by atoms with Gasteiger partial charge in [0.2, 0.25) is 0 Å². The largest absolute Gasteiger partial charge is 0.294 e. The van der Waals surface area contributed by atoms with Crippen LogP contribution in [0.25, 0.3) is 93.7 Å². The molecular weight excluding hydrogens is 631 g/mol. The molecule has 0 atom stereocenters. The van der Waals surface area contributed by atoms with Gasteiger partial charge in [0, 0.05) is 33.4 Å². The molecule has 0 unspecified atom stereocenters. The van der Waals surface area contributed by atoms with Gasteiger partial charge in [-0.3, -0.25) is 4.57 Å². The van der Waals surface area contributed by atoms with Crippen LogP contribution in [0.5, 0.6) is 0 Å². The molecule has 0 spiro atoms. The van der Waals surface area contributed by atoms with Crippen LogP contribution in [0.1, 0.15) is 25.0 Å². The van der Waals surface area contributed by atoms with E-state index in [9.17, 15) is 0 Å². The van der Waals surface area contributed by atoms with Gasteiger partial charge in [0.1, 0.15) is 5.82 Å². The van der Waals surface area contributed by atoms with E-state index < -0.39 is 0 Å². The molecule has 3 heteroatoms. The highest BCUT2D eigenvalue weighted by molar-refractivity contribution is 6.25. The first-order chi connectivity index (χ1) is 25.5. The van der Waals surface area contributed by atoms with Crippen LogP contribution in [0, 0.1) is 0 Å². The second kappa shape index (κ2) is 10.7. The molecule has 0 fully saturated rings. The van der Waals surface area contributed by atoms with Crippen LogP contribution >= 0.6 is 0 Å². The number of para-hydroxylation sites is 1. The average Bonchev–Trinajstić information content (AvgIpc) is 3.65. The highest BCUT2D eigenvalue weighted by Crippen LogP contribution is 2.51. The molecule has 1 aliphatic carbocycles. The normalized spacial score (nSPS) is 13.3. The molecule has 0 radical (unpaired) electrons. The van der Waals surface area contributed by atoms with Gasteiger partial charge in [-0.1, -0.05) is 147 Å². The van der Waals surface area contributed by atoms with Crippen molar-refractivity contribution >= 4 is 54.1 Å². The lowest BCUT2D eigenvalue weighted by Gasteiger charge is -2.21. The molecule has 244 valence electrons. The quantitative estimate of drug-likeness (QED) is 0.176. The third kappa shape index (κ3) is 4.08. The highest BCUT2D eigenvalue weighted by Gasteiger charge is 2.36. The fourth-order valence-electron chi connectivity index (χ4n) is 8.89. The van der Waals surface area contributed by atoms with Crippen molar-refractivity contribution < 1.29 is 0 Å². The van der Waals surface area contributed by atoms with E-state index in [0.29, 0.717) is 5.82 Å². The standard InChI is InChI=1S/C49H33N3/c1-49(2)42-22-12-10-20-37(42)40-27-41-38-21-11-13-23-45(38)52(46(41)28-43(40)49)47-29-44(30-14-4-3-5-15-30)50-48(51-47)31-24-25-36-34-18-7-6-16-32(34)33-17-8-9-19-35(33)39(36)26-31/h3-29H,1-2H3. The van der Waals surface area contributed by atoms with Gasteiger partial charge in [0.25, 0.3) is 0 Å². The zero-order valence-corrected chi connectivity index (χ0v) is 28.9. The maximum absolute atomic E-state index is 5.44.